The molecule has 0 rings (SSSR count). The van der Waals surface area contributed by atoms with Gasteiger partial charge in [-0.1, -0.05) is 291 Å². The van der Waals surface area contributed by atoms with Crippen LogP contribution in [0.15, 0.2) is 0 Å². The number of hydrogen-bond donors (Lipinski definition) is 3. The molecule has 0 aliphatic heterocycles. The molecule has 0 aromatic heterocycles. The Bertz CT molecular complexity index is 1670. The Morgan fingerprint density at radius 1 is 0.314 bits per heavy atom. The number of esters is 4. The molecule has 0 saturated heterocycles. The fourth-order valence-electron chi connectivity index (χ4n) is 10.1. The van der Waals surface area contributed by atoms with E-state index in [9.17, 15) is 43.2 Å². The van der Waals surface area contributed by atoms with Crippen molar-refractivity contribution >= 4 is 39.5 Å². The number of phosphoric acid groups is 2. The van der Waals surface area contributed by atoms with Crippen LogP contribution in [0.1, 0.15) is 343 Å². The average molecular weight is 1270 g/mol. The maximum atomic E-state index is 13.0. The fraction of sp³-hybridized carbons (Fsp3) is 0.940. The van der Waals surface area contributed by atoms with Crippen LogP contribution in [0, 0.1) is 5.92 Å². The van der Waals surface area contributed by atoms with Crippen molar-refractivity contribution in [1.82, 2.24) is 0 Å². The second-order valence-electron chi connectivity index (χ2n) is 24.7. The summed E-state index contributed by atoms with van der Waals surface area (Å²) in [6.45, 7) is 7.09. The molecule has 0 bridgehead atoms. The van der Waals surface area contributed by atoms with Gasteiger partial charge in [0.15, 0.2) is 12.2 Å². The van der Waals surface area contributed by atoms with E-state index in [2.05, 4.69) is 34.6 Å². The molecule has 0 amide bonds. The first kappa shape index (κ1) is 84.1. The molecule has 3 N–H and O–H groups in total. The van der Waals surface area contributed by atoms with E-state index in [1.54, 1.807) is 0 Å². The molecule has 0 aliphatic rings. The monoisotopic (exact) mass is 1270 g/mol. The lowest BCUT2D eigenvalue weighted by molar-refractivity contribution is -0.161. The lowest BCUT2D eigenvalue weighted by Crippen LogP contribution is -2.30. The second-order valence-corrected chi connectivity index (χ2v) is 27.6. The molecule has 0 aromatic carbocycles. The van der Waals surface area contributed by atoms with Gasteiger partial charge in [-0.2, -0.15) is 0 Å². The molecule has 510 valence electrons. The number of carbonyl (C=O) groups is 4. The summed E-state index contributed by atoms with van der Waals surface area (Å²) in [6.07, 6.45) is 46.3. The van der Waals surface area contributed by atoms with Crippen LogP contribution in [0.25, 0.3) is 0 Å². The van der Waals surface area contributed by atoms with Crippen LogP contribution in [0.3, 0.4) is 0 Å². The molecule has 0 spiro atoms. The minimum absolute atomic E-state index is 0.104. The van der Waals surface area contributed by atoms with Crippen molar-refractivity contribution in [2.75, 3.05) is 39.6 Å². The standard InChI is InChI=1S/C67H130O17P2/c1-6-9-12-15-17-19-21-23-24-25-26-27-28-30-32-37-42-47-52-66(71)84-63(57-78-65(70)51-46-41-36-31-29-22-20-18-16-13-10-7-2)59-82-86(75,76)80-55-61(68)54-79-85(73,74)81-58-62(56-77-64(69)50-45-39-14-11-8-3)83-67(72)53-48-43-38-34-33-35-40-44-49-60(4)5/h60-63,68H,6-59H2,1-5H3,(H,73,74)(H,75,76)/t61-,62+,63+/m0/s1. The van der Waals surface area contributed by atoms with E-state index in [4.69, 9.17) is 37.0 Å². The summed E-state index contributed by atoms with van der Waals surface area (Å²) in [4.78, 5) is 72.1. The summed E-state index contributed by atoms with van der Waals surface area (Å²) in [5.74, 6) is -1.42. The zero-order valence-electron chi connectivity index (χ0n) is 55.4. The summed E-state index contributed by atoms with van der Waals surface area (Å²) < 4.78 is 67.9. The van der Waals surface area contributed by atoms with Crippen LogP contribution in [0.4, 0.5) is 0 Å². The van der Waals surface area contributed by atoms with Gasteiger partial charge in [-0.3, -0.25) is 37.3 Å². The van der Waals surface area contributed by atoms with E-state index in [0.717, 1.165) is 102 Å². The molecule has 0 aromatic rings. The van der Waals surface area contributed by atoms with Gasteiger partial charge in [0, 0.05) is 25.7 Å². The Balaban J connectivity index is 5.14. The van der Waals surface area contributed by atoms with Gasteiger partial charge in [-0.15, -0.1) is 0 Å². The zero-order chi connectivity index (χ0) is 63.5. The van der Waals surface area contributed by atoms with Crippen molar-refractivity contribution in [1.29, 1.82) is 0 Å². The fourth-order valence-corrected chi connectivity index (χ4v) is 11.7. The Labute approximate surface area is 524 Å². The van der Waals surface area contributed by atoms with E-state index in [0.29, 0.717) is 25.7 Å². The van der Waals surface area contributed by atoms with Gasteiger partial charge < -0.3 is 33.8 Å². The number of hydrogen-bond acceptors (Lipinski definition) is 15. The highest BCUT2D eigenvalue weighted by Gasteiger charge is 2.30. The van der Waals surface area contributed by atoms with E-state index >= 15 is 0 Å². The van der Waals surface area contributed by atoms with Gasteiger partial charge >= 0.3 is 39.5 Å². The van der Waals surface area contributed by atoms with Crippen molar-refractivity contribution in [3.8, 4) is 0 Å². The third-order valence-corrected chi connectivity index (χ3v) is 17.4. The van der Waals surface area contributed by atoms with Gasteiger partial charge in [-0.25, -0.2) is 9.13 Å². The first-order valence-corrected chi connectivity index (χ1v) is 38.1. The van der Waals surface area contributed by atoms with Crippen LogP contribution < -0.4 is 0 Å². The van der Waals surface area contributed by atoms with Crippen molar-refractivity contribution in [2.24, 2.45) is 5.92 Å². The van der Waals surface area contributed by atoms with Gasteiger partial charge in [-0.05, 0) is 31.6 Å². The van der Waals surface area contributed by atoms with Crippen molar-refractivity contribution in [3.63, 3.8) is 0 Å². The topological polar surface area (TPSA) is 237 Å². The summed E-state index contributed by atoms with van der Waals surface area (Å²) in [6, 6.07) is 0. The average Bonchev–Trinajstić information content (AvgIpc) is 3.57. The van der Waals surface area contributed by atoms with Crippen LogP contribution in [-0.4, -0.2) is 96.7 Å². The normalized spacial score (nSPS) is 14.2. The SMILES string of the molecule is CCCCCCCCCCCCCCCCCCCCC(=O)O[C@H](COC(=O)CCCCCCCCCCCCCC)COP(=O)(O)OC[C@@H](O)COP(=O)(O)OC[C@@H](COC(=O)CCCCCCC)OC(=O)CCCCCCCCCCC(C)C. The number of phosphoric ester groups is 2. The minimum atomic E-state index is -4.95. The Kier molecular flexibility index (Phi) is 59.2. The van der Waals surface area contributed by atoms with E-state index in [-0.39, 0.29) is 25.7 Å². The van der Waals surface area contributed by atoms with Crippen molar-refractivity contribution < 1.29 is 80.2 Å². The van der Waals surface area contributed by atoms with Crippen LogP contribution in [-0.2, 0) is 65.4 Å². The number of rotatable bonds is 67. The highest BCUT2D eigenvalue weighted by molar-refractivity contribution is 7.47. The molecule has 5 atom stereocenters. The highest BCUT2D eigenvalue weighted by Crippen LogP contribution is 2.45. The Morgan fingerprint density at radius 3 is 0.791 bits per heavy atom. The van der Waals surface area contributed by atoms with Crippen LogP contribution in [0.5, 0.6) is 0 Å². The maximum absolute atomic E-state index is 13.0. The molecule has 0 saturated carbocycles. The summed E-state index contributed by atoms with van der Waals surface area (Å²) in [5, 5.41) is 10.5. The molecule has 2 unspecified atom stereocenters. The molecule has 0 fully saturated rings. The predicted molar refractivity (Wildman–Crippen MR) is 345 cm³/mol. The largest absolute Gasteiger partial charge is 0.472 e. The second kappa shape index (κ2) is 60.6. The van der Waals surface area contributed by atoms with Gasteiger partial charge in [0.05, 0.1) is 26.4 Å². The number of aliphatic hydroxyl groups is 1. The molecule has 0 heterocycles. The molecular formula is C67H130O17P2. The highest BCUT2D eigenvalue weighted by atomic mass is 31.2. The van der Waals surface area contributed by atoms with E-state index in [1.165, 1.54) is 161 Å². The summed E-state index contributed by atoms with van der Waals surface area (Å²) in [5.41, 5.74) is 0. The van der Waals surface area contributed by atoms with Gasteiger partial charge in [0.1, 0.15) is 19.3 Å². The number of aliphatic hydroxyl groups excluding tert-OH is 1. The molecular weight excluding hydrogens is 1140 g/mol. The summed E-state index contributed by atoms with van der Waals surface area (Å²) in [7, 11) is -9.88. The van der Waals surface area contributed by atoms with Crippen molar-refractivity contribution in [2.45, 2.75) is 361 Å². The van der Waals surface area contributed by atoms with Crippen molar-refractivity contribution in [3.05, 3.63) is 0 Å². The predicted octanol–water partition coefficient (Wildman–Crippen LogP) is 19.0. The Hall–Kier alpha value is -1.94. The van der Waals surface area contributed by atoms with Crippen LogP contribution in [0.2, 0.25) is 0 Å². The number of ether oxygens (including phenoxy) is 4. The molecule has 86 heavy (non-hydrogen) atoms. The number of carbonyl (C=O) groups excluding carboxylic acids is 4. The third kappa shape index (κ3) is 60.9. The molecule has 19 heteroatoms. The van der Waals surface area contributed by atoms with Gasteiger partial charge in [0.25, 0.3) is 0 Å². The smallest absolute Gasteiger partial charge is 0.462 e. The third-order valence-electron chi connectivity index (χ3n) is 15.5. The van der Waals surface area contributed by atoms with E-state index in [1.807, 2.05) is 0 Å². The lowest BCUT2D eigenvalue weighted by Gasteiger charge is -2.21. The molecule has 17 nitrogen and oxygen atoms in total. The number of unbranched alkanes of at least 4 members (excludes halogenated alkanes) is 39. The quantitative estimate of drug-likeness (QED) is 0.0222. The first-order valence-electron chi connectivity index (χ1n) is 35.1. The zero-order valence-corrected chi connectivity index (χ0v) is 57.2. The lowest BCUT2D eigenvalue weighted by atomic mass is 10.0. The Morgan fingerprint density at radius 2 is 0.535 bits per heavy atom. The van der Waals surface area contributed by atoms with E-state index < -0.39 is 97.5 Å². The first-order chi connectivity index (χ1) is 41.5. The molecule has 0 aliphatic carbocycles. The minimum Gasteiger partial charge on any atom is -0.462 e. The molecule has 0 radical (unpaired) electrons. The van der Waals surface area contributed by atoms with Crippen LogP contribution >= 0.6 is 15.6 Å². The maximum Gasteiger partial charge on any atom is 0.472 e. The van der Waals surface area contributed by atoms with Gasteiger partial charge in [0.2, 0.25) is 0 Å². The summed E-state index contributed by atoms with van der Waals surface area (Å²) >= 11 is 0.